The van der Waals surface area contributed by atoms with Crippen molar-refractivity contribution in [1.82, 2.24) is 4.90 Å². The molecule has 0 radical (unpaired) electrons. The fourth-order valence-electron chi connectivity index (χ4n) is 2.56. The highest BCUT2D eigenvalue weighted by Crippen LogP contribution is 2.13. The number of nitrogens with one attached hydrogen (secondary N) is 1. The molecule has 27 heavy (non-hydrogen) atoms. The van der Waals surface area contributed by atoms with Gasteiger partial charge in [0, 0.05) is 25.2 Å². The van der Waals surface area contributed by atoms with Gasteiger partial charge in [0.05, 0.1) is 5.56 Å². The van der Waals surface area contributed by atoms with Gasteiger partial charge in [0.25, 0.3) is 5.91 Å². The van der Waals surface area contributed by atoms with Gasteiger partial charge in [-0.2, -0.15) is 0 Å². The van der Waals surface area contributed by atoms with Crippen LogP contribution < -0.4 is 5.32 Å². The summed E-state index contributed by atoms with van der Waals surface area (Å²) in [7, 11) is 0. The van der Waals surface area contributed by atoms with E-state index < -0.39 is 5.97 Å². The number of carbonyl (C=O) groups excluding carboxylic acids is 3. The van der Waals surface area contributed by atoms with Gasteiger partial charge in [-0.1, -0.05) is 36.4 Å². The molecule has 0 spiro atoms. The third-order valence-corrected chi connectivity index (χ3v) is 3.88. The summed E-state index contributed by atoms with van der Waals surface area (Å²) in [6, 6.07) is 16.0. The number of hydrogen-bond acceptors (Lipinski definition) is 4. The first-order valence-corrected chi connectivity index (χ1v) is 8.75. The summed E-state index contributed by atoms with van der Waals surface area (Å²) in [6.45, 7) is 5.33. The number of hydrogen-bond donors (Lipinski definition) is 1. The Balaban J connectivity index is 1.98. The van der Waals surface area contributed by atoms with Gasteiger partial charge in [-0.05, 0) is 37.6 Å². The van der Waals surface area contributed by atoms with Crippen molar-refractivity contribution in [2.75, 3.05) is 11.9 Å². The molecular weight excluding hydrogens is 344 g/mol. The molecule has 2 rings (SSSR count). The fourth-order valence-corrected chi connectivity index (χ4v) is 2.56. The second-order valence-electron chi connectivity index (χ2n) is 6.44. The van der Waals surface area contributed by atoms with Crippen molar-refractivity contribution in [1.29, 1.82) is 0 Å². The van der Waals surface area contributed by atoms with Gasteiger partial charge < -0.3 is 15.0 Å². The van der Waals surface area contributed by atoms with Gasteiger partial charge in [0.2, 0.25) is 5.91 Å². The summed E-state index contributed by atoms with van der Waals surface area (Å²) < 4.78 is 5.18. The van der Waals surface area contributed by atoms with Crippen LogP contribution >= 0.6 is 0 Å². The maximum absolute atomic E-state index is 12.5. The molecule has 0 aliphatic heterocycles. The van der Waals surface area contributed by atoms with Crippen molar-refractivity contribution < 1.29 is 19.1 Å². The Morgan fingerprint density at radius 1 is 1.04 bits per heavy atom. The van der Waals surface area contributed by atoms with E-state index in [1.165, 1.54) is 13.0 Å². The van der Waals surface area contributed by atoms with E-state index in [1.807, 2.05) is 44.2 Å². The highest BCUT2D eigenvalue weighted by Gasteiger charge is 2.19. The summed E-state index contributed by atoms with van der Waals surface area (Å²) in [5.74, 6) is -1.11. The van der Waals surface area contributed by atoms with E-state index in [4.69, 9.17) is 4.74 Å². The molecule has 0 saturated carbocycles. The molecular formula is C21H24N2O4. The van der Waals surface area contributed by atoms with E-state index in [2.05, 4.69) is 5.32 Å². The molecule has 0 atom stereocenters. The van der Waals surface area contributed by atoms with Crippen LogP contribution in [0.4, 0.5) is 5.69 Å². The van der Waals surface area contributed by atoms with Crippen molar-refractivity contribution in [2.24, 2.45) is 0 Å². The smallest absolute Gasteiger partial charge is 0.338 e. The SMILES string of the molecule is CC(=O)Nc1cccc(C(=O)OCC(=O)N(Cc2ccccc2)C(C)C)c1. The summed E-state index contributed by atoms with van der Waals surface area (Å²) in [5, 5.41) is 2.60. The van der Waals surface area contributed by atoms with Crippen LogP contribution in [0.5, 0.6) is 0 Å². The van der Waals surface area contributed by atoms with E-state index in [0.717, 1.165) is 5.56 Å². The fraction of sp³-hybridized carbons (Fsp3) is 0.286. The van der Waals surface area contributed by atoms with Crippen molar-refractivity contribution in [3.8, 4) is 0 Å². The zero-order chi connectivity index (χ0) is 19.8. The van der Waals surface area contributed by atoms with Gasteiger partial charge in [-0.15, -0.1) is 0 Å². The van der Waals surface area contributed by atoms with E-state index >= 15 is 0 Å². The van der Waals surface area contributed by atoms with E-state index in [9.17, 15) is 14.4 Å². The number of amides is 2. The van der Waals surface area contributed by atoms with Crippen LogP contribution in [-0.2, 0) is 20.9 Å². The zero-order valence-electron chi connectivity index (χ0n) is 15.8. The molecule has 0 bridgehead atoms. The molecule has 0 fully saturated rings. The standard InChI is InChI=1S/C21H24N2O4/c1-15(2)23(13-17-8-5-4-6-9-17)20(25)14-27-21(26)18-10-7-11-19(12-18)22-16(3)24/h4-12,15H,13-14H2,1-3H3,(H,22,24). The molecule has 0 unspecified atom stereocenters. The van der Waals surface area contributed by atoms with E-state index in [1.54, 1.807) is 23.1 Å². The van der Waals surface area contributed by atoms with Crippen molar-refractivity contribution >= 4 is 23.5 Å². The molecule has 0 heterocycles. The Morgan fingerprint density at radius 3 is 2.37 bits per heavy atom. The number of esters is 1. The van der Waals surface area contributed by atoms with Gasteiger partial charge in [0.15, 0.2) is 6.61 Å². The second kappa shape index (κ2) is 9.52. The molecule has 142 valence electrons. The third kappa shape index (κ3) is 6.26. The monoisotopic (exact) mass is 368 g/mol. The zero-order valence-corrected chi connectivity index (χ0v) is 15.8. The molecule has 1 N–H and O–H groups in total. The molecule has 0 aromatic heterocycles. The lowest BCUT2D eigenvalue weighted by Gasteiger charge is -2.26. The largest absolute Gasteiger partial charge is 0.452 e. The third-order valence-electron chi connectivity index (χ3n) is 3.88. The quantitative estimate of drug-likeness (QED) is 0.761. The lowest BCUT2D eigenvalue weighted by atomic mass is 10.2. The van der Waals surface area contributed by atoms with Crippen LogP contribution in [0, 0.1) is 0 Å². The lowest BCUT2D eigenvalue weighted by molar-refractivity contribution is -0.137. The first-order valence-electron chi connectivity index (χ1n) is 8.75. The van der Waals surface area contributed by atoms with Crippen LogP contribution in [0.15, 0.2) is 54.6 Å². The Labute approximate surface area is 159 Å². The van der Waals surface area contributed by atoms with Gasteiger partial charge in [-0.25, -0.2) is 4.79 Å². The maximum Gasteiger partial charge on any atom is 0.338 e. The van der Waals surface area contributed by atoms with Crippen LogP contribution in [0.1, 0.15) is 36.7 Å². The summed E-state index contributed by atoms with van der Waals surface area (Å²) in [6.07, 6.45) is 0. The van der Waals surface area contributed by atoms with E-state index in [-0.39, 0.29) is 30.0 Å². The average molecular weight is 368 g/mol. The molecule has 0 saturated heterocycles. The molecule has 2 aromatic rings. The first kappa shape index (κ1) is 20.2. The maximum atomic E-state index is 12.5. The predicted molar refractivity (Wildman–Crippen MR) is 103 cm³/mol. The van der Waals surface area contributed by atoms with Crippen LogP contribution in [-0.4, -0.2) is 35.3 Å². The van der Waals surface area contributed by atoms with Crippen LogP contribution in [0.25, 0.3) is 0 Å². The topological polar surface area (TPSA) is 75.7 Å². The Kier molecular flexibility index (Phi) is 7.11. The number of rotatable bonds is 7. The molecule has 2 aromatic carbocycles. The minimum atomic E-state index is -0.612. The van der Waals surface area contributed by atoms with Crippen LogP contribution in [0.3, 0.4) is 0 Å². The highest BCUT2D eigenvalue weighted by atomic mass is 16.5. The summed E-state index contributed by atoms with van der Waals surface area (Å²) >= 11 is 0. The highest BCUT2D eigenvalue weighted by molar-refractivity contribution is 5.94. The Hall–Kier alpha value is -3.15. The normalized spacial score (nSPS) is 10.4. The van der Waals surface area contributed by atoms with Crippen molar-refractivity contribution in [3.05, 3.63) is 65.7 Å². The number of anilines is 1. The van der Waals surface area contributed by atoms with Crippen molar-refractivity contribution in [3.63, 3.8) is 0 Å². The molecule has 2 amide bonds. The molecule has 6 heteroatoms. The van der Waals surface area contributed by atoms with Crippen molar-refractivity contribution in [2.45, 2.75) is 33.4 Å². The number of ether oxygens (including phenoxy) is 1. The summed E-state index contributed by atoms with van der Waals surface area (Å²) in [5.41, 5.74) is 1.78. The Bertz CT molecular complexity index is 803. The van der Waals surface area contributed by atoms with Gasteiger partial charge >= 0.3 is 5.97 Å². The van der Waals surface area contributed by atoms with E-state index in [0.29, 0.717) is 12.2 Å². The van der Waals surface area contributed by atoms with Gasteiger partial charge in [-0.3, -0.25) is 9.59 Å². The number of nitrogens with zero attached hydrogens (tertiary/aromatic N) is 1. The molecule has 0 aliphatic rings. The minimum absolute atomic E-state index is 0.0282. The second-order valence-corrected chi connectivity index (χ2v) is 6.44. The Morgan fingerprint density at radius 2 is 1.74 bits per heavy atom. The number of carbonyl (C=O) groups is 3. The minimum Gasteiger partial charge on any atom is -0.452 e. The molecule has 0 aliphatic carbocycles. The van der Waals surface area contributed by atoms with Gasteiger partial charge in [0.1, 0.15) is 0 Å². The first-order chi connectivity index (χ1) is 12.9. The predicted octanol–water partition coefficient (Wildman–Crippen LogP) is 3.24. The molecule has 6 nitrogen and oxygen atoms in total. The summed E-state index contributed by atoms with van der Waals surface area (Å²) in [4.78, 5) is 37.5. The average Bonchev–Trinajstić information content (AvgIpc) is 2.64. The number of benzene rings is 2. The lowest BCUT2D eigenvalue weighted by Crippen LogP contribution is -2.39. The van der Waals surface area contributed by atoms with Crippen LogP contribution in [0.2, 0.25) is 0 Å².